The van der Waals surface area contributed by atoms with Crippen LogP contribution in [0.1, 0.15) is 85.0 Å². The van der Waals surface area contributed by atoms with Crippen molar-refractivity contribution in [3.8, 4) is 0 Å². The topological polar surface area (TPSA) is 97.0 Å². The van der Waals surface area contributed by atoms with E-state index in [1.165, 1.54) is 25.7 Å². The molecular formula is C28H45N3O5. The number of anilines is 2. The Kier molecular flexibility index (Phi) is 13.9. The molecule has 1 aliphatic heterocycles. The molecule has 0 saturated carbocycles. The van der Waals surface area contributed by atoms with Gasteiger partial charge in [-0.05, 0) is 82.8 Å². The summed E-state index contributed by atoms with van der Waals surface area (Å²) in [6.07, 6.45) is 9.59. The third-order valence-electron chi connectivity index (χ3n) is 6.35. The average molecular weight is 504 g/mol. The fourth-order valence-corrected chi connectivity index (χ4v) is 4.31. The fraction of sp³-hybridized carbons (Fsp3) is 0.679. The van der Waals surface area contributed by atoms with Gasteiger partial charge in [-0.3, -0.25) is 19.8 Å². The maximum absolute atomic E-state index is 12.4. The van der Waals surface area contributed by atoms with Gasteiger partial charge in [0.05, 0.1) is 19.3 Å². The summed E-state index contributed by atoms with van der Waals surface area (Å²) in [4.78, 5) is 38.3. The Labute approximate surface area is 216 Å². The Hall–Kier alpha value is -2.61. The second-order valence-corrected chi connectivity index (χ2v) is 9.95. The van der Waals surface area contributed by atoms with Gasteiger partial charge in [0.1, 0.15) is 0 Å². The lowest BCUT2D eigenvalue weighted by Gasteiger charge is -2.31. The summed E-state index contributed by atoms with van der Waals surface area (Å²) in [6, 6.07) is 7.05. The van der Waals surface area contributed by atoms with E-state index in [9.17, 15) is 14.4 Å². The highest BCUT2D eigenvalue weighted by atomic mass is 16.5. The van der Waals surface area contributed by atoms with Crippen molar-refractivity contribution in [1.29, 1.82) is 0 Å². The highest BCUT2D eigenvalue weighted by Gasteiger charge is 2.22. The van der Waals surface area contributed by atoms with Crippen LogP contribution in [0.4, 0.5) is 16.2 Å². The van der Waals surface area contributed by atoms with E-state index in [-0.39, 0.29) is 18.0 Å². The normalized spacial score (nSPS) is 14.4. The van der Waals surface area contributed by atoms with Gasteiger partial charge in [-0.1, -0.05) is 39.0 Å². The van der Waals surface area contributed by atoms with Crippen molar-refractivity contribution < 1.29 is 23.9 Å². The van der Waals surface area contributed by atoms with Crippen LogP contribution in [0, 0.1) is 5.92 Å². The molecule has 1 aromatic carbocycles. The van der Waals surface area contributed by atoms with E-state index in [2.05, 4.69) is 22.5 Å². The molecule has 36 heavy (non-hydrogen) atoms. The maximum Gasteiger partial charge on any atom is 0.411 e. The van der Waals surface area contributed by atoms with Crippen LogP contribution in [0.25, 0.3) is 0 Å². The van der Waals surface area contributed by atoms with Gasteiger partial charge >= 0.3 is 12.1 Å². The van der Waals surface area contributed by atoms with Crippen molar-refractivity contribution in [3.63, 3.8) is 0 Å². The summed E-state index contributed by atoms with van der Waals surface area (Å²) >= 11 is 0. The highest BCUT2D eigenvalue weighted by Crippen LogP contribution is 2.22. The van der Waals surface area contributed by atoms with E-state index in [4.69, 9.17) is 9.47 Å². The predicted octanol–water partition coefficient (Wildman–Crippen LogP) is 5.98. The van der Waals surface area contributed by atoms with Gasteiger partial charge in [0.2, 0.25) is 5.91 Å². The number of piperidine rings is 1. The minimum atomic E-state index is -0.455. The smallest absolute Gasteiger partial charge is 0.411 e. The van der Waals surface area contributed by atoms with Gasteiger partial charge in [-0.15, -0.1) is 0 Å². The molecule has 0 aromatic heterocycles. The number of hydrogen-bond donors (Lipinski definition) is 2. The summed E-state index contributed by atoms with van der Waals surface area (Å²) in [5.74, 6) is 0.299. The average Bonchev–Trinajstić information content (AvgIpc) is 2.84. The Morgan fingerprint density at radius 2 is 1.56 bits per heavy atom. The standard InChI is InChI=1S/C28H45N3O5/c1-4-5-6-7-8-9-20-35-28(34)30-25-13-11-24(12-14-25)29-26(32)15-10-23-16-18-31(19-17-23)21-27(33)36-22(2)3/h11-14,22-23H,4-10,15-21H2,1-3H3,(H,29,32)(H,30,34). The quantitative estimate of drug-likeness (QED) is 0.226. The number of unbranched alkanes of at least 4 members (excludes halogenated alkanes) is 5. The fourth-order valence-electron chi connectivity index (χ4n) is 4.31. The number of hydrogen-bond acceptors (Lipinski definition) is 6. The first-order chi connectivity index (χ1) is 17.4. The molecule has 2 amide bonds. The molecule has 202 valence electrons. The Morgan fingerprint density at radius 3 is 2.19 bits per heavy atom. The zero-order valence-electron chi connectivity index (χ0n) is 22.4. The number of likely N-dealkylation sites (tertiary alicyclic amines) is 1. The third-order valence-corrected chi connectivity index (χ3v) is 6.35. The van der Waals surface area contributed by atoms with Gasteiger partial charge in [-0.2, -0.15) is 0 Å². The first-order valence-electron chi connectivity index (χ1n) is 13.6. The third kappa shape index (κ3) is 12.9. The van der Waals surface area contributed by atoms with E-state index in [1.807, 2.05) is 13.8 Å². The van der Waals surface area contributed by atoms with E-state index >= 15 is 0 Å². The number of rotatable bonds is 15. The largest absolute Gasteiger partial charge is 0.462 e. The Morgan fingerprint density at radius 1 is 0.944 bits per heavy atom. The van der Waals surface area contributed by atoms with Gasteiger partial charge in [-0.25, -0.2) is 4.79 Å². The number of carbonyl (C=O) groups is 3. The van der Waals surface area contributed by atoms with Crippen LogP contribution in [0.15, 0.2) is 24.3 Å². The van der Waals surface area contributed by atoms with Crippen LogP contribution < -0.4 is 10.6 Å². The lowest BCUT2D eigenvalue weighted by molar-refractivity contribution is -0.149. The van der Waals surface area contributed by atoms with E-state index in [0.717, 1.165) is 45.2 Å². The SMILES string of the molecule is CCCCCCCCOC(=O)Nc1ccc(NC(=O)CCC2CCN(CC(=O)OC(C)C)CC2)cc1. The number of nitrogens with zero attached hydrogens (tertiary/aromatic N) is 1. The molecule has 2 N–H and O–H groups in total. The number of esters is 1. The first-order valence-corrected chi connectivity index (χ1v) is 13.6. The number of ether oxygens (including phenoxy) is 2. The number of nitrogens with one attached hydrogen (secondary N) is 2. The first kappa shape index (κ1) is 29.6. The summed E-state index contributed by atoms with van der Waals surface area (Å²) in [5, 5.41) is 5.64. The van der Waals surface area contributed by atoms with Crippen LogP contribution in [-0.2, 0) is 19.1 Å². The zero-order valence-corrected chi connectivity index (χ0v) is 22.4. The molecule has 0 radical (unpaired) electrons. The minimum absolute atomic E-state index is 0.0167. The van der Waals surface area contributed by atoms with Crippen molar-refractivity contribution in [1.82, 2.24) is 4.90 Å². The lowest BCUT2D eigenvalue weighted by Crippen LogP contribution is -2.38. The molecule has 2 rings (SSSR count). The molecule has 8 heteroatoms. The van der Waals surface area contributed by atoms with Crippen LogP contribution >= 0.6 is 0 Å². The van der Waals surface area contributed by atoms with Crippen LogP contribution in [0.5, 0.6) is 0 Å². The molecule has 0 spiro atoms. The summed E-state index contributed by atoms with van der Waals surface area (Å²) in [6.45, 7) is 8.38. The molecule has 0 atom stereocenters. The van der Waals surface area contributed by atoms with Gasteiger partial charge in [0.15, 0.2) is 0 Å². The van der Waals surface area contributed by atoms with E-state index < -0.39 is 6.09 Å². The predicted molar refractivity (Wildman–Crippen MR) is 143 cm³/mol. The van der Waals surface area contributed by atoms with Crippen molar-refractivity contribution in [2.24, 2.45) is 5.92 Å². The summed E-state index contributed by atoms with van der Waals surface area (Å²) in [5.41, 5.74) is 1.33. The van der Waals surface area contributed by atoms with Crippen LogP contribution in [-0.4, -0.2) is 55.2 Å². The second-order valence-electron chi connectivity index (χ2n) is 9.95. The number of benzene rings is 1. The molecule has 1 aromatic rings. The monoisotopic (exact) mass is 503 g/mol. The van der Waals surface area contributed by atoms with Crippen molar-refractivity contribution >= 4 is 29.3 Å². The molecule has 1 aliphatic rings. The van der Waals surface area contributed by atoms with Crippen molar-refractivity contribution in [2.45, 2.75) is 91.1 Å². The summed E-state index contributed by atoms with van der Waals surface area (Å²) < 4.78 is 10.4. The number of amides is 2. The van der Waals surface area contributed by atoms with Crippen LogP contribution in [0.3, 0.4) is 0 Å². The number of carbonyl (C=O) groups excluding carboxylic acids is 3. The van der Waals surface area contributed by atoms with E-state index in [0.29, 0.717) is 36.9 Å². The molecule has 0 aliphatic carbocycles. The molecular weight excluding hydrogens is 458 g/mol. The second kappa shape index (κ2) is 17.0. The molecule has 1 saturated heterocycles. The Balaban J connectivity index is 1.58. The summed E-state index contributed by atoms with van der Waals surface area (Å²) in [7, 11) is 0. The van der Waals surface area contributed by atoms with Gasteiger partial charge in [0.25, 0.3) is 0 Å². The Bertz CT molecular complexity index is 789. The van der Waals surface area contributed by atoms with Crippen molar-refractivity contribution in [2.75, 3.05) is 36.9 Å². The molecule has 0 bridgehead atoms. The molecule has 1 heterocycles. The van der Waals surface area contributed by atoms with Crippen molar-refractivity contribution in [3.05, 3.63) is 24.3 Å². The van der Waals surface area contributed by atoms with E-state index in [1.54, 1.807) is 24.3 Å². The minimum Gasteiger partial charge on any atom is -0.462 e. The van der Waals surface area contributed by atoms with Gasteiger partial charge in [0, 0.05) is 17.8 Å². The molecule has 1 fully saturated rings. The molecule has 0 unspecified atom stereocenters. The maximum atomic E-state index is 12.4. The van der Waals surface area contributed by atoms with Crippen LogP contribution in [0.2, 0.25) is 0 Å². The lowest BCUT2D eigenvalue weighted by atomic mass is 9.92. The highest BCUT2D eigenvalue weighted by molar-refractivity contribution is 5.91. The molecule has 8 nitrogen and oxygen atoms in total. The van der Waals surface area contributed by atoms with Gasteiger partial charge < -0.3 is 14.8 Å². The zero-order chi connectivity index (χ0) is 26.2.